The van der Waals surface area contributed by atoms with Gasteiger partial charge in [0.15, 0.2) is 0 Å². The van der Waals surface area contributed by atoms with E-state index in [2.05, 4.69) is 10.3 Å². The van der Waals surface area contributed by atoms with E-state index in [4.69, 9.17) is 4.74 Å². The van der Waals surface area contributed by atoms with E-state index in [-0.39, 0.29) is 17.5 Å². The Bertz CT molecular complexity index is 406. The van der Waals surface area contributed by atoms with Crippen molar-refractivity contribution in [2.75, 3.05) is 7.11 Å². The molecule has 0 unspecified atom stereocenters. The van der Waals surface area contributed by atoms with Gasteiger partial charge < -0.3 is 10.1 Å². The van der Waals surface area contributed by atoms with Gasteiger partial charge >= 0.3 is 5.97 Å². The number of pyridine rings is 1. The Kier molecular flexibility index (Phi) is 5.30. The summed E-state index contributed by atoms with van der Waals surface area (Å²) in [6, 6.07) is 4.40. The summed E-state index contributed by atoms with van der Waals surface area (Å²) >= 11 is 0. The normalized spacial score (nSPS) is 13.5. The molecule has 0 spiro atoms. The SMILES string of the molecule is CC[C@@H](C)[C@@H](NC(=O)c1ccccn1)C(=O)OC. The summed E-state index contributed by atoms with van der Waals surface area (Å²) in [4.78, 5) is 27.5. The number of nitrogens with one attached hydrogen (secondary N) is 1. The van der Waals surface area contributed by atoms with Crippen LogP contribution >= 0.6 is 0 Å². The molecular weight excluding hydrogens is 232 g/mol. The van der Waals surface area contributed by atoms with Crippen LogP contribution in [-0.2, 0) is 9.53 Å². The highest BCUT2D eigenvalue weighted by atomic mass is 16.5. The average molecular weight is 250 g/mol. The molecule has 0 aliphatic carbocycles. The van der Waals surface area contributed by atoms with Crippen molar-refractivity contribution in [2.45, 2.75) is 26.3 Å². The molecule has 0 bridgehead atoms. The fourth-order valence-electron chi connectivity index (χ4n) is 1.51. The number of rotatable bonds is 5. The van der Waals surface area contributed by atoms with Crippen molar-refractivity contribution >= 4 is 11.9 Å². The van der Waals surface area contributed by atoms with Crippen molar-refractivity contribution in [3.63, 3.8) is 0 Å². The molecule has 1 heterocycles. The van der Waals surface area contributed by atoms with Gasteiger partial charge in [-0.2, -0.15) is 0 Å². The fourth-order valence-corrected chi connectivity index (χ4v) is 1.51. The highest BCUT2D eigenvalue weighted by molar-refractivity contribution is 5.95. The van der Waals surface area contributed by atoms with Gasteiger partial charge in [-0.1, -0.05) is 26.3 Å². The molecule has 0 saturated heterocycles. The minimum absolute atomic E-state index is 0.00473. The summed E-state index contributed by atoms with van der Waals surface area (Å²) in [5.41, 5.74) is 0.287. The Balaban J connectivity index is 2.78. The lowest BCUT2D eigenvalue weighted by molar-refractivity contribution is -0.144. The zero-order chi connectivity index (χ0) is 13.5. The van der Waals surface area contributed by atoms with Gasteiger partial charge in [0, 0.05) is 6.20 Å². The van der Waals surface area contributed by atoms with E-state index in [0.717, 1.165) is 6.42 Å². The number of hydrogen-bond donors (Lipinski definition) is 1. The monoisotopic (exact) mass is 250 g/mol. The number of methoxy groups -OCH3 is 1. The number of esters is 1. The second-order valence-electron chi connectivity index (χ2n) is 4.07. The third kappa shape index (κ3) is 3.55. The van der Waals surface area contributed by atoms with Gasteiger partial charge in [-0.3, -0.25) is 9.78 Å². The van der Waals surface area contributed by atoms with Gasteiger partial charge in [0.2, 0.25) is 0 Å². The molecule has 1 rings (SSSR count). The molecule has 1 aromatic rings. The highest BCUT2D eigenvalue weighted by Gasteiger charge is 2.27. The van der Waals surface area contributed by atoms with Gasteiger partial charge in [0.25, 0.3) is 5.91 Å². The van der Waals surface area contributed by atoms with Gasteiger partial charge in [0.1, 0.15) is 11.7 Å². The van der Waals surface area contributed by atoms with E-state index in [0.29, 0.717) is 0 Å². The molecule has 2 atom stereocenters. The van der Waals surface area contributed by atoms with Crippen molar-refractivity contribution in [1.29, 1.82) is 0 Å². The summed E-state index contributed by atoms with van der Waals surface area (Å²) in [5.74, 6) is -0.801. The van der Waals surface area contributed by atoms with Crippen LogP contribution in [0, 0.1) is 5.92 Å². The Labute approximate surface area is 107 Å². The summed E-state index contributed by atoms with van der Waals surface area (Å²) < 4.78 is 4.70. The molecule has 5 nitrogen and oxygen atoms in total. The molecular formula is C13H18N2O3. The number of aromatic nitrogens is 1. The number of hydrogen-bond acceptors (Lipinski definition) is 4. The minimum Gasteiger partial charge on any atom is -0.467 e. The highest BCUT2D eigenvalue weighted by Crippen LogP contribution is 2.10. The maximum absolute atomic E-state index is 11.9. The van der Waals surface area contributed by atoms with E-state index < -0.39 is 12.0 Å². The standard InChI is InChI=1S/C13H18N2O3/c1-4-9(2)11(13(17)18-3)15-12(16)10-7-5-6-8-14-10/h5-9,11H,4H2,1-3H3,(H,15,16)/t9-,11-/m1/s1. The second kappa shape index (κ2) is 6.74. The van der Waals surface area contributed by atoms with Crippen LogP contribution < -0.4 is 5.32 Å². The molecule has 18 heavy (non-hydrogen) atoms. The lowest BCUT2D eigenvalue weighted by Gasteiger charge is -2.21. The third-order valence-electron chi connectivity index (χ3n) is 2.85. The lowest BCUT2D eigenvalue weighted by atomic mass is 9.99. The maximum Gasteiger partial charge on any atom is 0.328 e. The van der Waals surface area contributed by atoms with E-state index in [1.54, 1.807) is 18.2 Å². The van der Waals surface area contributed by atoms with Crippen molar-refractivity contribution in [1.82, 2.24) is 10.3 Å². The number of ether oxygens (including phenoxy) is 1. The van der Waals surface area contributed by atoms with Gasteiger partial charge in [0.05, 0.1) is 7.11 Å². The number of carbonyl (C=O) groups excluding carboxylic acids is 2. The number of carbonyl (C=O) groups is 2. The molecule has 0 aromatic carbocycles. The van der Waals surface area contributed by atoms with Crippen molar-refractivity contribution in [3.05, 3.63) is 30.1 Å². The minimum atomic E-state index is -0.644. The summed E-state index contributed by atoms with van der Waals surface area (Å²) in [6.45, 7) is 3.84. The van der Waals surface area contributed by atoms with Gasteiger partial charge in [-0.05, 0) is 18.1 Å². The Morgan fingerprint density at radius 3 is 2.67 bits per heavy atom. The predicted molar refractivity (Wildman–Crippen MR) is 67.0 cm³/mol. The summed E-state index contributed by atoms with van der Waals surface area (Å²) in [7, 11) is 1.31. The average Bonchev–Trinajstić information content (AvgIpc) is 2.43. The van der Waals surface area contributed by atoms with Gasteiger partial charge in [-0.15, -0.1) is 0 Å². The molecule has 0 aliphatic heterocycles. The first-order chi connectivity index (χ1) is 8.60. The van der Waals surface area contributed by atoms with E-state index in [9.17, 15) is 9.59 Å². The Morgan fingerprint density at radius 1 is 1.44 bits per heavy atom. The van der Waals surface area contributed by atoms with Crippen LogP contribution in [0.2, 0.25) is 0 Å². The van der Waals surface area contributed by atoms with Crippen molar-refractivity contribution in [3.8, 4) is 0 Å². The number of amides is 1. The Hall–Kier alpha value is -1.91. The van der Waals surface area contributed by atoms with E-state index >= 15 is 0 Å². The molecule has 5 heteroatoms. The topological polar surface area (TPSA) is 68.3 Å². The first-order valence-corrected chi connectivity index (χ1v) is 5.89. The van der Waals surface area contributed by atoms with Crippen LogP contribution in [0.4, 0.5) is 0 Å². The Morgan fingerprint density at radius 2 is 2.17 bits per heavy atom. The van der Waals surface area contributed by atoms with Crippen LogP contribution in [0.25, 0.3) is 0 Å². The quantitative estimate of drug-likeness (QED) is 0.802. The first-order valence-electron chi connectivity index (χ1n) is 5.89. The van der Waals surface area contributed by atoms with Crippen molar-refractivity contribution in [2.24, 2.45) is 5.92 Å². The molecule has 1 N–H and O–H groups in total. The largest absolute Gasteiger partial charge is 0.467 e. The zero-order valence-electron chi connectivity index (χ0n) is 10.8. The van der Waals surface area contributed by atoms with E-state index in [1.807, 2.05) is 13.8 Å². The predicted octanol–water partition coefficient (Wildman–Crippen LogP) is 1.40. The van der Waals surface area contributed by atoms with Crippen LogP contribution in [-0.4, -0.2) is 30.0 Å². The molecule has 0 saturated carbocycles. The maximum atomic E-state index is 11.9. The van der Waals surface area contributed by atoms with Crippen LogP contribution in [0.1, 0.15) is 30.8 Å². The molecule has 0 fully saturated rings. The zero-order valence-corrected chi connectivity index (χ0v) is 10.8. The summed E-state index contributed by atoms with van der Waals surface area (Å²) in [5, 5.41) is 2.66. The second-order valence-corrected chi connectivity index (χ2v) is 4.07. The van der Waals surface area contributed by atoms with E-state index in [1.165, 1.54) is 13.3 Å². The van der Waals surface area contributed by atoms with Crippen LogP contribution in [0.15, 0.2) is 24.4 Å². The van der Waals surface area contributed by atoms with Crippen molar-refractivity contribution < 1.29 is 14.3 Å². The smallest absolute Gasteiger partial charge is 0.328 e. The molecule has 0 aliphatic rings. The molecule has 0 radical (unpaired) electrons. The lowest BCUT2D eigenvalue weighted by Crippen LogP contribution is -2.45. The van der Waals surface area contributed by atoms with Crippen LogP contribution in [0.5, 0.6) is 0 Å². The fraction of sp³-hybridized carbons (Fsp3) is 0.462. The van der Waals surface area contributed by atoms with Crippen LogP contribution in [0.3, 0.4) is 0 Å². The molecule has 1 amide bonds. The molecule has 98 valence electrons. The first kappa shape index (κ1) is 14.2. The summed E-state index contributed by atoms with van der Waals surface area (Å²) in [6.07, 6.45) is 2.30. The third-order valence-corrected chi connectivity index (χ3v) is 2.85. The number of nitrogens with zero attached hydrogens (tertiary/aromatic N) is 1. The van der Waals surface area contributed by atoms with Gasteiger partial charge in [-0.25, -0.2) is 4.79 Å². The molecule has 1 aromatic heterocycles.